The first-order chi connectivity index (χ1) is 5.00. The molecular weight excluding hydrogens is 177 g/mol. The number of carbonyl (C=O) groups is 1. The molecular formula is C5H12NNaO5. The van der Waals surface area contributed by atoms with Crippen molar-refractivity contribution < 1.29 is 25.3 Å². The number of hydroxylamine groups is 2. The molecule has 68 valence electrons. The molecule has 0 saturated carbocycles. The summed E-state index contributed by atoms with van der Waals surface area (Å²) in [6.07, 6.45) is -2.09. The Bertz CT molecular complexity index is 142. The number of aliphatic hydroxyl groups excluding tert-OH is 1. The fourth-order valence-electron chi connectivity index (χ4n) is 0.606. The van der Waals surface area contributed by atoms with Crippen molar-refractivity contribution in [2.75, 3.05) is 6.54 Å². The van der Waals surface area contributed by atoms with Crippen LogP contribution in [-0.4, -0.2) is 80.0 Å². The van der Waals surface area contributed by atoms with Crippen molar-refractivity contribution in [3.8, 4) is 0 Å². The topological polar surface area (TPSA) is 101 Å². The number of hydrogen-bond acceptors (Lipinski definition) is 5. The normalized spacial score (nSPS) is 12.8. The van der Waals surface area contributed by atoms with Crippen molar-refractivity contribution in [3.05, 3.63) is 0 Å². The fraction of sp³-hybridized carbons (Fsp3) is 0.800. The average molecular weight is 189 g/mol. The zero-order valence-corrected chi connectivity index (χ0v) is 6.01. The molecule has 0 saturated heterocycles. The Kier molecular flexibility index (Phi) is 8.38. The van der Waals surface area contributed by atoms with E-state index in [9.17, 15) is 4.79 Å². The maximum absolute atomic E-state index is 10.2. The summed E-state index contributed by atoms with van der Waals surface area (Å²) in [5.41, 5.74) is 0. The summed E-state index contributed by atoms with van der Waals surface area (Å²) in [6, 6.07) is -1.68. The molecule has 0 spiro atoms. The minimum atomic E-state index is -2.09. The fourth-order valence-corrected chi connectivity index (χ4v) is 0.606. The summed E-state index contributed by atoms with van der Waals surface area (Å²) in [5.74, 6) is -1.48. The zero-order chi connectivity index (χ0) is 9.02. The molecule has 0 heterocycles. The molecule has 4 N–H and O–H groups in total. The Morgan fingerprint density at radius 1 is 1.50 bits per heavy atom. The molecule has 0 aliphatic heterocycles. The number of aliphatic carboxylic acids is 1. The number of carboxylic acid groups (broad SMARTS) is 1. The molecule has 7 heteroatoms. The molecule has 0 radical (unpaired) electrons. The third kappa shape index (κ3) is 4.36. The number of aliphatic hydroxyl groups is 2. The molecule has 6 nitrogen and oxygen atoms in total. The number of likely N-dealkylation sites (N-methyl/N-ethyl adjacent to an activating group) is 1. The van der Waals surface area contributed by atoms with Crippen molar-refractivity contribution in [1.29, 1.82) is 0 Å². The van der Waals surface area contributed by atoms with Gasteiger partial charge in [0.2, 0.25) is 0 Å². The van der Waals surface area contributed by atoms with Gasteiger partial charge in [-0.05, 0) is 0 Å². The van der Waals surface area contributed by atoms with E-state index in [0.29, 0.717) is 5.06 Å². The van der Waals surface area contributed by atoms with E-state index < -0.39 is 18.3 Å². The van der Waals surface area contributed by atoms with Crippen LogP contribution in [-0.2, 0) is 4.79 Å². The van der Waals surface area contributed by atoms with Crippen LogP contribution in [0.4, 0.5) is 0 Å². The summed E-state index contributed by atoms with van der Waals surface area (Å²) >= 11 is 0. The van der Waals surface area contributed by atoms with E-state index in [-0.39, 0.29) is 36.1 Å². The molecule has 0 aliphatic rings. The van der Waals surface area contributed by atoms with Crippen LogP contribution < -0.4 is 0 Å². The standard InChI is InChI=1S/C5H11NO5.Na.H/c1-2-6(11)3(4(7)8)5(9)10;;/h3-4,7-8,11H,2H2,1H3,(H,9,10);;/t3-;;/m0../s1. The predicted octanol–water partition coefficient (Wildman–Crippen LogP) is -2.19. The molecule has 0 aromatic rings. The van der Waals surface area contributed by atoms with Crippen molar-refractivity contribution in [1.82, 2.24) is 5.06 Å². The zero-order valence-electron chi connectivity index (χ0n) is 6.01. The van der Waals surface area contributed by atoms with Crippen LogP contribution in [0, 0.1) is 0 Å². The van der Waals surface area contributed by atoms with Gasteiger partial charge in [0, 0.05) is 6.54 Å². The van der Waals surface area contributed by atoms with E-state index in [1.54, 1.807) is 0 Å². The van der Waals surface area contributed by atoms with Crippen LogP contribution in [0.5, 0.6) is 0 Å². The van der Waals surface area contributed by atoms with Crippen molar-refractivity contribution in [2.24, 2.45) is 0 Å². The summed E-state index contributed by atoms with van der Waals surface area (Å²) in [7, 11) is 0. The Labute approximate surface area is 91.7 Å². The van der Waals surface area contributed by atoms with Crippen molar-refractivity contribution in [3.63, 3.8) is 0 Å². The van der Waals surface area contributed by atoms with Gasteiger partial charge in [-0.3, -0.25) is 4.79 Å². The van der Waals surface area contributed by atoms with E-state index >= 15 is 0 Å². The third-order valence-corrected chi connectivity index (χ3v) is 1.18. The first-order valence-electron chi connectivity index (χ1n) is 3.05. The van der Waals surface area contributed by atoms with E-state index in [0.717, 1.165) is 0 Å². The second kappa shape index (κ2) is 6.79. The summed E-state index contributed by atoms with van der Waals surface area (Å²) in [6.45, 7) is 1.49. The molecule has 0 amide bonds. The van der Waals surface area contributed by atoms with Gasteiger partial charge >= 0.3 is 35.5 Å². The van der Waals surface area contributed by atoms with Crippen LogP contribution >= 0.6 is 0 Å². The molecule has 0 unspecified atom stereocenters. The first kappa shape index (κ1) is 14.8. The Hall–Kier alpha value is 0.310. The number of nitrogens with zero attached hydrogens (tertiary/aromatic N) is 1. The van der Waals surface area contributed by atoms with Crippen LogP contribution in [0.25, 0.3) is 0 Å². The van der Waals surface area contributed by atoms with Gasteiger partial charge in [-0.1, -0.05) is 6.92 Å². The summed E-state index contributed by atoms with van der Waals surface area (Å²) in [4.78, 5) is 10.2. The quantitative estimate of drug-likeness (QED) is 0.228. The molecule has 1 atom stereocenters. The first-order valence-corrected chi connectivity index (χ1v) is 3.05. The van der Waals surface area contributed by atoms with Gasteiger partial charge in [0.25, 0.3) is 0 Å². The molecule has 12 heavy (non-hydrogen) atoms. The number of carboxylic acids is 1. The Morgan fingerprint density at radius 3 is 2.00 bits per heavy atom. The molecule has 0 bridgehead atoms. The van der Waals surface area contributed by atoms with E-state index in [4.69, 9.17) is 20.5 Å². The SMILES string of the molecule is CCN(O)[C@H](C(=O)O)C(O)O.[NaH]. The van der Waals surface area contributed by atoms with Gasteiger partial charge in [0.1, 0.15) is 0 Å². The van der Waals surface area contributed by atoms with Crippen LogP contribution in [0.15, 0.2) is 0 Å². The molecule has 0 fully saturated rings. The molecule has 0 rings (SSSR count). The van der Waals surface area contributed by atoms with Gasteiger partial charge in [-0.2, -0.15) is 5.06 Å². The average Bonchev–Trinajstić information content (AvgIpc) is 1.85. The van der Waals surface area contributed by atoms with Gasteiger partial charge in [-0.25, -0.2) is 0 Å². The monoisotopic (exact) mass is 189 g/mol. The van der Waals surface area contributed by atoms with Crippen LogP contribution in [0.3, 0.4) is 0 Å². The second-order valence-electron chi connectivity index (χ2n) is 1.95. The second-order valence-corrected chi connectivity index (χ2v) is 1.95. The summed E-state index contributed by atoms with van der Waals surface area (Å²) in [5, 5.41) is 34.4. The van der Waals surface area contributed by atoms with E-state index in [2.05, 4.69) is 0 Å². The van der Waals surface area contributed by atoms with Gasteiger partial charge < -0.3 is 20.5 Å². The van der Waals surface area contributed by atoms with Crippen molar-refractivity contribution >= 4 is 35.5 Å². The summed E-state index contributed by atoms with van der Waals surface area (Å²) < 4.78 is 0. The molecule has 0 aromatic heterocycles. The van der Waals surface area contributed by atoms with Gasteiger partial charge in [0.05, 0.1) is 0 Å². The van der Waals surface area contributed by atoms with E-state index in [1.807, 2.05) is 0 Å². The molecule has 0 aliphatic carbocycles. The van der Waals surface area contributed by atoms with Gasteiger partial charge in [-0.15, -0.1) is 0 Å². The molecule has 0 aromatic carbocycles. The van der Waals surface area contributed by atoms with Crippen molar-refractivity contribution in [2.45, 2.75) is 19.3 Å². The maximum atomic E-state index is 10.2. The Balaban J connectivity index is 0. The van der Waals surface area contributed by atoms with E-state index in [1.165, 1.54) is 6.92 Å². The number of rotatable bonds is 4. The predicted molar refractivity (Wildman–Crippen MR) is 41.0 cm³/mol. The minimum absolute atomic E-state index is 0. The number of hydrogen-bond donors (Lipinski definition) is 4. The van der Waals surface area contributed by atoms with Crippen LogP contribution in [0.2, 0.25) is 0 Å². The van der Waals surface area contributed by atoms with Crippen LogP contribution in [0.1, 0.15) is 6.92 Å². The Morgan fingerprint density at radius 2 is 1.92 bits per heavy atom. The third-order valence-electron chi connectivity index (χ3n) is 1.18. The van der Waals surface area contributed by atoms with Gasteiger partial charge in [0.15, 0.2) is 12.3 Å².